The maximum Gasteiger partial charge on any atom is 0.411 e. The van der Waals surface area contributed by atoms with Gasteiger partial charge in [0, 0.05) is 5.75 Å². The fraction of sp³-hybridized carbons (Fsp3) is 0.571. The van der Waals surface area contributed by atoms with Crippen LogP contribution in [0.5, 0.6) is 0 Å². The van der Waals surface area contributed by atoms with Crippen molar-refractivity contribution in [3.8, 4) is 0 Å². The molecule has 6 heteroatoms. The number of hydrogen-bond acceptors (Lipinski definition) is 5. The number of thioether (sulfide) groups is 1. The van der Waals surface area contributed by atoms with Crippen molar-refractivity contribution in [1.82, 2.24) is 4.90 Å². The Morgan fingerprint density at radius 1 is 1.15 bits per heavy atom. The van der Waals surface area contributed by atoms with Crippen molar-refractivity contribution in [2.45, 2.75) is 71.4 Å². The van der Waals surface area contributed by atoms with Crippen LogP contribution in [0, 0.1) is 17.8 Å². The summed E-state index contributed by atoms with van der Waals surface area (Å²) in [7, 11) is 1.43. The van der Waals surface area contributed by atoms with E-state index in [4.69, 9.17) is 9.47 Å². The van der Waals surface area contributed by atoms with E-state index in [1.165, 1.54) is 7.11 Å². The number of ether oxygens (including phenoxy) is 2. The van der Waals surface area contributed by atoms with E-state index < -0.39 is 5.60 Å². The minimum absolute atomic E-state index is 0.0507. The van der Waals surface area contributed by atoms with Crippen LogP contribution in [0.25, 0.3) is 0 Å². The van der Waals surface area contributed by atoms with E-state index in [-0.39, 0.29) is 34.8 Å². The molecule has 188 valence electrons. The zero-order chi connectivity index (χ0) is 25.5. The molecule has 0 N–H and O–H groups in total. The number of carbonyl (C=O) groups excluding carboxylic acids is 2. The minimum atomic E-state index is -0.542. The van der Waals surface area contributed by atoms with Gasteiger partial charge in [-0.3, -0.25) is 9.69 Å². The quantitative estimate of drug-likeness (QED) is 0.310. The fourth-order valence-corrected chi connectivity index (χ4v) is 5.11. The summed E-state index contributed by atoms with van der Waals surface area (Å²) < 4.78 is 10.7. The highest BCUT2D eigenvalue weighted by Crippen LogP contribution is 2.40. The molecule has 1 aliphatic heterocycles. The van der Waals surface area contributed by atoms with E-state index in [1.54, 1.807) is 11.8 Å². The zero-order valence-corrected chi connectivity index (χ0v) is 22.7. The number of hydrogen-bond donors (Lipinski definition) is 0. The Labute approximate surface area is 210 Å². The van der Waals surface area contributed by atoms with Gasteiger partial charge in [-0.05, 0) is 58.4 Å². The standard InChI is InChI=1S/C28H41NO4S/c1-20(2)22(14-15-23(25(30)32-8)18-21-12-10-9-11-13-21)16-17-24-19-34-28(6,7)29(24)26(31)33-27(3,4)5/h9-17,20,22-24H,18-19H2,1-8H3/b15-14-,17-16+/t22-,23-,24-/m1/s1. The number of allylic oxidation sites excluding steroid dienone is 2. The molecule has 1 aliphatic rings. The second-order valence-corrected chi connectivity index (χ2v) is 12.2. The summed E-state index contributed by atoms with van der Waals surface area (Å²) in [6, 6.07) is 9.91. The van der Waals surface area contributed by atoms with Crippen LogP contribution >= 0.6 is 11.8 Å². The molecule has 0 radical (unpaired) electrons. The van der Waals surface area contributed by atoms with Crippen LogP contribution in [-0.2, 0) is 20.7 Å². The number of amides is 1. The molecular weight excluding hydrogens is 446 g/mol. The van der Waals surface area contributed by atoms with Crippen LogP contribution < -0.4 is 0 Å². The van der Waals surface area contributed by atoms with Gasteiger partial charge in [0.1, 0.15) is 5.60 Å². The highest BCUT2D eigenvalue weighted by atomic mass is 32.2. The van der Waals surface area contributed by atoms with Gasteiger partial charge < -0.3 is 9.47 Å². The lowest BCUT2D eigenvalue weighted by atomic mass is 9.91. The lowest BCUT2D eigenvalue weighted by Gasteiger charge is -2.35. The van der Waals surface area contributed by atoms with Crippen LogP contribution in [0.15, 0.2) is 54.6 Å². The molecule has 0 bridgehead atoms. The third-order valence-electron chi connectivity index (χ3n) is 5.80. The molecule has 0 unspecified atom stereocenters. The number of rotatable bonds is 8. The Kier molecular flexibility index (Phi) is 9.86. The van der Waals surface area contributed by atoms with Gasteiger partial charge in [-0.25, -0.2) is 4.79 Å². The molecule has 2 rings (SSSR count). The third kappa shape index (κ3) is 8.23. The van der Waals surface area contributed by atoms with Crippen LogP contribution in [-0.4, -0.2) is 46.3 Å². The van der Waals surface area contributed by atoms with Gasteiger partial charge in [-0.2, -0.15) is 0 Å². The van der Waals surface area contributed by atoms with Crippen molar-refractivity contribution >= 4 is 23.8 Å². The fourth-order valence-electron chi connectivity index (χ4n) is 3.92. The maximum absolute atomic E-state index is 13.0. The second-order valence-electron chi connectivity index (χ2n) is 10.6. The van der Waals surface area contributed by atoms with Crippen LogP contribution in [0.3, 0.4) is 0 Å². The SMILES string of the molecule is COC(=O)[C@H](/C=C\[C@H](/C=C/[C@@H]1CSC(C)(C)N1C(=O)OC(C)(C)C)C(C)C)Cc1ccccc1. The summed E-state index contributed by atoms with van der Waals surface area (Å²) in [6.07, 6.45) is 8.64. The Bertz CT molecular complexity index is 870. The normalized spacial score (nSPS) is 20.1. The van der Waals surface area contributed by atoms with Gasteiger partial charge in [0.2, 0.25) is 0 Å². The molecule has 0 saturated carbocycles. The summed E-state index contributed by atoms with van der Waals surface area (Å²) in [5, 5.41) is 0. The number of carbonyl (C=O) groups is 2. The molecule has 0 aliphatic carbocycles. The molecule has 1 aromatic rings. The Morgan fingerprint density at radius 3 is 2.35 bits per heavy atom. The summed E-state index contributed by atoms with van der Waals surface area (Å²) in [6.45, 7) is 14.1. The zero-order valence-electron chi connectivity index (χ0n) is 21.9. The van der Waals surface area contributed by atoms with E-state index in [0.717, 1.165) is 11.3 Å². The Morgan fingerprint density at radius 2 is 1.79 bits per heavy atom. The molecule has 5 nitrogen and oxygen atoms in total. The van der Waals surface area contributed by atoms with Crippen LogP contribution in [0.2, 0.25) is 0 Å². The maximum atomic E-state index is 13.0. The molecule has 0 aromatic heterocycles. The van der Waals surface area contributed by atoms with E-state index in [9.17, 15) is 9.59 Å². The summed E-state index contributed by atoms with van der Waals surface area (Å²) in [4.78, 5) is 26.9. The van der Waals surface area contributed by atoms with Gasteiger partial charge in [-0.15, -0.1) is 11.8 Å². The first-order valence-corrected chi connectivity index (χ1v) is 13.0. The third-order valence-corrected chi connectivity index (χ3v) is 7.21. The van der Waals surface area contributed by atoms with Crippen molar-refractivity contribution in [3.63, 3.8) is 0 Å². The molecule has 1 aromatic carbocycles. The molecule has 34 heavy (non-hydrogen) atoms. The van der Waals surface area contributed by atoms with Gasteiger partial charge >= 0.3 is 12.1 Å². The van der Waals surface area contributed by atoms with Crippen molar-refractivity contribution < 1.29 is 19.1 Å². The van der Waals surface area contributed by atoms with Gasteiger partial charge in [0.25, 0.3) is 0 Å². The largest absolute Gasteiger partial charge is 0.469 e. The van der Waals surface area contributed by atoms with Crippen LogP contribution in [0.1, 0.15) is 54.0 Å². The first-order valence-electron chi connectivity index (χ1n) is 12.0. The van der Waals surface area contributed by atoms with E-state index in [1.807, 2.05) is 62.1 Å². The lowest BCUT2D eigenvalue weighted by molar-refractivity contribution is -0.143. The number of esters is 1. The highest BCUT2D eigenvalue weighted by Gasteiger charge is 2.44. The monoisotopic (exact) mass is 487 g/mol. The van der Waals surface area contributed by atoms with Gasteiger partial charge in [-0.1, -0.05) is 68.5 Å². The van der Waals surface area contributed by atoms with Crippen molar-refractivity contribution in [1.29, 1.82) is 0 Å². The smallest absolute Gasteiger partial charge is 0.411 e. The first-order chi connectivity index (χ1) is 15.8. The molecule has 1 amide bonds. The Balaban J connectivity index is 2.20. The summed E-state index contributed by atoms with van der Waals surface area (Å²) in [5.41, 5.74) is 0.553. The first kappa shape index (κ1) is 28.0. The molecule has 1 fully saturated rings. The molecule has 3 atom stereocenters. The lowest BCUT2D eigenvalue weighted by Crippen LogP contribution is -2.48. The number of methoxy groups -OCH3 is 1. The molecule has 0 spiro atoms. The van der Waals surface area contributed by atoms with E-state index in [0.29, 0.717) is 12.3 Å². The predicted octanol–water partition coefficient (Wildman–Crippen LogP) is 6.49. The van der Waals surface area contributed by atoms with E-state index in [2.05, 4.69) is 45.9 Å². The van der Waals surface area contributed by atoms with Crippen molar-refractivity contribution in [3.05, 3.63) is 60.2 Å². The van der Waals surface area contributed by atoms with Crippen molar-refractivity contribution in [2.24, 2.45) is 17.8 Å². The topological polar surface area (TPSA) is 55.8 Å². The van der Waals surface area contributed by atoms with Crippen molar-refractivity contribution in [2.75, 3.05) is 12.9 Å². The average Bonchev–Trinajstić information content (AvgIpc) is 3.05. The second kappa shape index (κ2) is 12.0. The number of nitrogens with zero attached hydrogens (tertiary/aromatic N) is 1. The average molecular weight is 488 g/mol. The van der Waals surface area contributed by atoms with Gasteiger partial charge in [0.15, 0.2) is 0 Å². The van der Waals surface area contributed by atoms with Gasteiger partial charge in [0.05, 0.1) is 23.9 Å². The summed E-state index contributed by atoms with van der Waals surface area (Å²) in [5.74, 6) is 0.686. The Hall–Kier alpha value is -2.21. The molecular formula is C28H41NO4S. The minimum Gasteiger partial charge on any atom is -0.469 e. The number of benzene rings is 1. The summed E-state index contributed by atoms with van der Waals surface area (Å²) >= 11 is 1.75. The molecule has 1 saturated heterocycles. The molecule has 1 heterocycles. The van der Waals surface area contributed by atoms with Crippen LogP contribution in [0.4, 0.5) is 4.79 Å². The highest BCUT2D eigenvalue weighted by molar-refractivity contribution is 8.00. The van der Waals surface area contributed by atoms with E-state index >= 15 is 0 Å². The predicted molar refractivity (Wildman–Crippen MR) is 141 cm³/mol.